The summed E-state index contributed by atoms with van der Waals surface area (Å²) in [5.74, 6) is 1.92. The van der Waals surface area contributed by atoms with Crippen LogP contribution in [0.1, 0.15) is 49.8 Å². The predicted octanol–water partition coefficient (Wildman–Crippen LogP) is 4.91. The second-order valence-electron chi connectivity index (χ2n) is 8.13. The van der Waals surface area contributed by atoms with Gasteiger partial charge in [-0.1, -0.05) is 35.5 Å². The number of carbonyl (C=O) groups excluding carboxylic acids is 1. The van der Waals surface area contributed by atoms with Crippen LogP contribution >= 0.6 is 0 Å². The number of hydrogen-bond donors (Lipinski definition) is 1. The minimum atomic E-state index is -1.13. The average Bonchev–Trinajstić information content (AvgIpc) is 3.57. The van der Waals surface area contributed by atoms with Gasteiger partial charge in [0.2, 0.25) is 0 Å². The Morgan fingerprint density at radius 3 is 2.65 bits per heavy atom. The highest BCUT2D eigenvalue weighted by molar-refractivity contribution is 5.94. The number of rotatable bonds is 11. The maximum absolute atomic E-state index is 13.4. The first-order valence-electron chi connectivity index (χ1n) is 11.8. The van der Waals surface area contributed by atoms with Crippen LogP contribution in [0.2, 0.25) is 0 Å². The van der Waals surface area contributed by atoms with Gasteiger partial charge in [0.1, 0.15) is 11.5 Å². The maximum Gasteiger partial charge on any atom is 0.254 e. The lowest BCUT2D eigenvalue weighted by molar-refractivity contribution is 0.0688. The van der Waals surface area contributed by atoms with Crippen LogP contribution < -0.4 is 4.74 Å². The summed E-state index contributed by atoms with van der Waals surface area (Å²) in [7, 11) is 0. The lowest BCUT2D eigenvalue weighted by Gasteiger charge is -2.28. The largest absolute Gasteiger partial charge is 0.493 e. The van der Waals surface area contributed by atoms with E-state index in [2.05, 4.69) is 20.6 Å². The zero-order valence-electron chi connectivity index (χ0n) is 20.4. The molecule has 0 atom stereocenters. The number of aryl methyl sites for hydroxylation is 1. The molecule has 0 aliphatic carbocycles. The van der Waals surface area contributed by atoms with Gasteiger partial charge in [-0.15, -0.1) is 10.2 Å². The van der Waals surface area contributed by atoms with Gasteiger partial charge in [0.05, 0.1) is 14.2 Å². The van der Waals surface area contributed by atoms with Crippen molar-refractivity contribution < 1.29 is 15.3 Å². The molecule has 2 aromatic heterocycles. The minimum Gasteiger partial charge on any atom is -0.493 e. The van der Waals surface area contributed by atoms with Crippen molar-refractivity contribution in [3.63, 3.8) is 0 Å². The molecule has 0 aliphatic rings. The van der Waals surface area contributed by atoms with Gasteiger partial charge in [-0.25, -0.2) is 0 Å². The molecule has 4 rings (SSSR count). The molecule has 0 spiro atoms. The van der Waals surface area contributed by atoms with Crippen molar-refractivity contribution in [2.75, 3.05) is 6.61 Å². The first kappa shape index (κ1) is 21.9. The first-order chi connectivity index (χ1) is 16.9. The number of nitrogens with one attached hydrogen (secondary N) is 1. The van der Waals surface area contributed by atoms with Gasteiger partial charge >= 0.3 is 0 Å². The number of amides is 1. The molecule has 0 radical (unpaired) electrons. The summed E-state index contributed by atoms with van der Waals surface area (Å²) < 4.78 is 20.1. The van der Waals surface area contributed by atoms with Crippen molar-refractivity contribution in [2.45, 2.75) is 45.7 Å². The minimum absolute atomic E-state index is 0.217. The molecule has 1 N–H and O–H groups in total. The van der Waals surface area contributed by atoms with Crippen molar-refractivity contribution >= 4 is 5.91 Å². The number of para-hydroxylation sites is 1. The third-order valence-electron chi connectivity index (χ3n) is 5.47. The van der Waals surface area contributed by atoms with Crippen LogP contribution in [0.15, 0.2) is 71.3 Å². The quantitative estimate of drug-likeness (QED) is 0.319. The highest BCUT2D eigenvalue weighted by Crippen LogP contribution is 2.24. The third kappa shape index (κ3) is 5.89. The number of unbranched alkanes of at least 4 members (excludes halogenated alkanes) is 1. The molecule has 0 bridgehead atoms. The Labute approximate surface area is 200 Å². The summed E-state index contributed by atoms with van der Waals surface area (Å²) in [4.78, 5) is 15.0. The molecule has 176 valence electrons. The van der Waals surface area contributed by atoms with Crippen molar-refractivity contribution in [3.8, 4) is 17.1 Å². The monoisotopic (exact) mass is 460 g/mol. The van der Waals surface area contributed by atoms with E-state index in [9.17, 15) is 4.79 Å². The van der Waals surface area contributed by atoms with Crippen molar-refractivity contribution in [2.24, 2.45) is 0 Å². The fourth-order valence-corrected chi connectivity index (χ4v) is 3.61. The van der Waals surface area contributed by atoms with E-state index in [0.29, 0.717) is 23.7 Å². The fraction of sp³-hybridized carbons (Fsp3) is 0.308. The molecule has 2 aromatic carbocycles. The van der Waals surface area contributed by atoms with Gasteiger partial charge in [-0.2, -0.15) is 5.21 Å². The molecule has 0 aliphatic heterocycles. The Bertz CT molecular complexity index is 1200. The van der Waals surface area contributed by atoms with Gasteiger partial charge < -0.3 is 14.1 Å². The third-order valence-corrected chi connectivity index (χ3v) is 5.47. The molecule has 0 unspecified atom stereocenters. The van der Waals surface area contributed by atoms with E-state index in [4.69, 9.17) is 10.5 Å². The number of nitrogens with zero attached hydrogens (tertiary/aromatic N) is 4. The summed E-state index contributed by atoms with van der Waals surface area (Å²) in [5, 5.41) is 13.9. The molecule has 0 saturated heterocycles. The zero-order valence-corrected chi connectivity index (χ0v) is 19.4. The number of furan rings is 1. The van der Waals surface area contributed by atoms with Crippen LogP contribution in [0.4, 0.5) is 0 Å². The number of ether oxygens (including phenoxy) is 1. The van der Waals surface area contributed by atoms with Crippen LogP contribution in [0.25, 0.3) is 11.3 Å². The summed E-state index contributed by atoms with van der Waals surface area (Å²) in [6, 6.07) is 17.5. The van der Waals surface area contributed by atoms with Gasteiger partial charge in [0.15, 0.2) is 5.82 Å². The molecule has 8 heteroatoms. The lowest BCUT2D eigenvalue weighted by Crippen LogP contribution is -2.36. The number of benzene rings is 2. The molecule has 2 heterocycles. The molecular weight excluding hydrogens is 430 g/mol. The Hall–Kier alpha value is -3.94. The van der Waals surface area contributed by atoms with Gasteiger partial charge in [0, 0.05) is 35.7 Å². The standard InChI is InChI=1S/C26H29N5O3/c1-19(2)31(26(32)21-14-12-20(13-15-21)23-10-7-17-34-23)18-22-8-3-4-9-24(22)33-16-6-5-11-25-27-29-30-28-25/h3-4,7-10,12-15,17,19H,5-6,11,16,18H2,1-2H3,(H,27,28,29,30)/i19D. The highest BCUT2D eigenvalue weighted by atomic mass is 16.5. The van der Waals surface area contributed by atoms with Crippen LogP contribution in [0.5, 0.6) is 5.75 Å². The number of H-pyrrole nitrogens is 1. The molecule has 0 saturated carbocycles. The van der Waals surface area contributed by atoms with E-state index in [1.807, 2.05) is 48.5 Å². The smallest absolute Gasteiger partial charge is 0.254 e. The summed E-state index contributed by atoms with van der Waals surface area (Å²) in [5.41, 5.74) is 2.26. The molecule has 4 aromatic rings. The summed E-state index contributed by atoms with van der Waals surface area (Å²) in [6.45, 7) is 4.21. The first-order valence-corrected chi connectivity index (χ1v) is 11.3. The maximum atomic E-state index is 13.4. The lowest BCUT2D eigenvalue weighted by atomic mass is 10.1. The normalized spacial score (nSPS) is 11.8. The highest BCUT2D eigenvalue weighted by Gasteiger charge is 2.21. The van der Waals surface area contributed by atoms with Crippen LogP contribution in [-0.4, -0.2) is 44.1 Å². The van der Waals surface area contributed by atoms with Gasteiger partial charge in [0.25, 0.3) is 5.91 Å². The molecule has 1 amide bonds. The second-order valence-corrected chi connectivity index (χ2v) is 8.13. The number of carbonyl (C=O) groups is 1. The number of aromatic amines is 1. The second kappa shape index (κ2) is 11.3. The van der Waals surface area contributed by atoms with Crippen LogP contribution in [0.3, 0.4) is 0 Å². The Balaban J connectivity index is 1.42. The molecule has 34 heavy (non-hydrogen) atoms. The Kier molecular flexibility index (Phi) is 7.25. The van der Waals surface area contributed by atoms with Crippen molar-refractivity contribution in [1.82, 2.24) is 25.5 Å². The zero-order chi connectivity index (χ0) is 24.7. The predicted molar refractivity (Wildman–Crippen MR) is 128 cm³/mol. The van der Waals surface area contributed by atoms with Gasteiger partial charge in [-0.05, 0) is 57.0 Å². The number of hydrogen-bond acceptors (Lipinski definition) is 6. The van der Waals surface area contributed by atoms with Crippen LogP contribution in [0, 0.1) is 0 Å². The van der Waals surface area contributed by atoms with E-state index in [1.54, 1.807) is 37.1 Å². The van der Waals surface area contributed by atoms with E-state index < -0.39 is 6.02 Å². The van der Waals surface area contributed by atoms with Gasteiger partial charge in [-0.3, -0.25) is 4.79 Å². The number of aromatic nitrogens is 4. The molecule has 8 nitrogen and oxygen atoms in total. The number of tetrazole rings is 1. The van der Waals surface area contributed by atoms with E-state index in [0.717, 1.165) is 36.1 Å². The Morgan fingerprint density at radius 1 is 1.12 bits per heavy atom. The van der Waals surface area contributed by atoms with Crippen molar-refractivity contribution in [3.05, 3.63) is 83.9 Å². The van der Waals surface area contributed by atoms with E-state index >= 15 is 0 Å². The molecular formula is C26H29N5O3. The SMILES string of the molecule is [2H]C(C)(C)N(Cc1ccccc1OCCCCc1nn[nH]n1)C(=O)c1ccc(-c2ccco2)cc1. The summed E-state index contributed by atoms with van der Waals surface area (Å²) in [6.07, 6.45) is 4.05. The summed E-state index contributed by atoms with van der Waals surface area (Å²) >= 11 is 0. The average molecular weight is 461 g/mol. The van der Waals surface area contributed by atoms with Crippen LogP contribution in [-0.2, 0) is 13.0 Å². The van der Waals surface area contributed by atoms with Crippen molar-refractivity contribution in [1.29, 1.82) is 0 Å². The Morgan fingerprint density at radius 2 is 1.94 bits per heavy atom. The topological polar surface area (TPSA) is 97.1 Å². The fourth-order valence-electron chi connectivity index (χ4n) is 3.61. The molecule has 0 fully saturated rings. The van der Waals surface area contributed by atoms with E-state index in [-0.39, 0.29) is 12.5 Å². The van der Waals surface area contributed by atoms with E-state index in [1.165, 1.54) is 0 Å².